The summed E-state index contributed by atoms with van der Waals surface area (Å²) < 4.78 is 5.37. The van der Waals surface area contributed by atoms with Gasteiger partial charge in [0.1, 0.15) is 12.1 Å². The summed E-state index contributed by atoms with van der Waals surface area (Å²) in [4.78, 5) is 95.7. The lowest BCUT2D eigenvalue weighted by molar-refractivity contribution is -0.141. The summed E-state index contributed by atoms with van der Waals surface area (Å²) in [7, 11) is 0. The Morgan fingerprint density at radius 3 is 2.20 bits per heavy atom. The van der Waals surface area contributed by atoms with Gasteiger partial charge in [-0.15, -0.1) is 0 Å². The highest BCUT2D eigenvalue weighted by Gasteiger charge is 2.44. The number of carboxylic acids is 1. The molecule has 2 bridgehead atoms. The van der Waals surface area contributed by atoms with Gasteiger partial charge in [-0.1, -0.05) is 103 Å². The second-order valence-electron chi connectivity index (χ2n) is 17.6. The van der Waals surface area contributed by atoms with Crippen molar-refractivity contribution in [3.05, 3.63) is 143 Å². The zero-order chi connectivity index (χ0) is 49.0. The molecule has 2 aliphatic rings. The van der Waals surface area contributed by atoms with Crippen LogP contribution in [0.1, 0.15) is 59.9 Å². The van der Waals surface area contributed by atoms with E-state index in [0.29, 0.717) is 62.9 Å². The molecule has 4 aromatic rings. The number of rotatable bonds is 15. The van der Waals surface area contributed by atoms with Crippen LogP contribution < -0.4 is 32.3 Å². The van der Waals surface area contributed by atoms with Gasteiger partial charge in [-0.3, -0.25) is 33.6 Å². The van der Waals surface area contributed by atoms with Crippen LogP contribution in [0.2, 0.25) is 0 Å². The van der Waals surface area contributed by atoms with Crippen LogP contribution in [-0.4, -0.2) is 109 Å². The van der Waals surface area contributed by atoms with E-state index in [4.69, 9.17) is 15.6 Å². The second kappa shape index (κ2) is 25.8. The summed E-state index contributed by atoms with van der Waals surface area (Å²) in [6, 6.07) is 30.3. The number of hydrogen-bond donors (Lipinski definition) is 7. The van der Waals surface area contributed by atoms with Crippen LogP contribution in [0.15, 0.2) is 115 Å². The molecule has 6 rings (SSSR count). The summed E-state index contributed by atoms with van der Waals surface area (Å²) in [5.74, 6) is -3.62. The van der Waals surface area contributed by atoms with Crippen LogP contribution in [0, 0.1) is 5.41 Å². The van der Waals surface area contributed by atoms with Gasteiger partial charge in [-0.25, -0.2) is 0 Å². The fourth-order valence-electron chi connectivity index (χ4n) is 8.71. The van der Waals surface area contributed by atoms with Crippen molar-refractivity contribution in [1.29, 1.82) is 0 Å². The van der Waals surface area contributed by atoms with Crippen LogP contribution in [0.3, 0.4) is 0 Å². The number of nitrogens with zero attached hydrogens (tertiary/aromatic N) is 1. The van der Waals surface area contributed by atoms with Crippen molar-refractivity contribution in [2.45, 2.75) is 76.4 Å². The zero-order valence-corrected chi connectivity index (χ0v) is 38.9. The van der Waals surface area contributed by atoms with Gasteiger partial charge in [-0.2, -0.15) is 0 Å². The van der Waals surface area contributed by atoms with E-state index in [1.807, 2.05) is 78.9 Å². The second-order valence-corrected chi connectivity index (χ2v) is 17.6. The number of benzene rings is 4. The highest BCUT2D eigenvalue weighted by Crippen LogP contribution is 2.35. The Labute approximate surface area is 402 Å². The van der Waals surface area contributed by atoms with Crippen LogP contribution >= 0.6 is 0 Å². The Bertz CT molecular complexity index is 2430. The summed E-state index contributed by atoms with van der Waals surface area (Å²) in [6.07, 6.45) is 4.89. The molecule has 364 valence electrons. The molecule has 0 aliphatic carbocycles. The van der Waals surface area contributed by atoms with E-state index in [1.165, 1.54) is 6.08 Å². The van der Waals surface area contributed by atoms with E-state index in [-0.39, 0.29) is 64.4 Å². The van der Waals surface area contributed by atoms with Gasteiger partial charge in [0.05, 0.1) is 25.0 Å². The van der Waals surface area contributed by atoms with Gasteiger partial charge in [0, 0.05) is 64.3 Å². The molecule has 0 radical (unpaired) electrons. The number of ether oxygens (including phenoxy) is 1. The molecule has 3 atom stereocenters. The average molecular weight is 942 g/mol. The van der Waals surface area contributed by atoms with Crippen molar-refractivity contribution in [1.82, 2.24) is 31.5 Å². The van der Waals surface area contributed by atoms with E-state index >= 15 is 0 Å². The van der Waals surface area contributed by atoms with Gasteiger partial charge < -0.3 is 47.1 Å². The van der Waals surface area contributed by atoms with Crippen LogP contribution in [0.5, 0.6) is 0 Å². The van der Waals surface area contributed by atoms with Crippen LogP contribution in [-0.2, 0) is 70.5 Å². The number of aryl methyl sites for hydroxylation is 1. The Hall–Kier alpha value is -7.17. The molecule has 4 aromatic carbocycles. The Morgan fingerprint density at radius 2 is 1.49 bits per heavy atom. The number of piperidine rings is 1. The predicted octanol–water partition coefficient (Wildman–Crippen LogP) is 3.15. The number of amides is 6. The minimum absolute atomic E-state index is 0.00398. The van der Waals surface area contributed by atoms with E-state index in [9.17, 15) is 33.6 Å². The average Bonchev–Trinajstić information content (AvgIpc) is 3.35. The van der Waals surface area contributed by atoms with Crippen LogP contribution in [0.4, 0.5) is 0 Å². The molecule has 8 N–H and O–H groups in total. The predicted molar refractivity (Wildman–Crippen MR) is 260 cm³/mol. The number of nitrogens with two attached hydrogens (primary N) is 1. The Kier molecular flexibility index (Phi) is 19.2. The highest BCUT2D eigenvalue weighted by molar-refractivity contribution is 5.97. The molecule has 16 nitrogen and oxygen atoms in total. The molecule has 0 unspecified atom stereocenters. The van der Waals surface area contributed by atoms with Crippen molar-refractivity contribution in [2.75, 3.05) is 45.9 Å². The van der Waals surface area contributed by atoms with Gasteiger partial charge in [0.2, 0.25) is 35.4 Å². The van der Waals surface area contributed by atoms with Crippen molar-refractivity contribution in [2.24, 2.45) is 11.1 Å². The smallest absolute Gasteiger partial charge is 0.303 e. The maximum absolute atomic E-state index is 15.0. The lowest BCUT2D eigenvalue weighted by Gasteiger charge is -2.42. The standard InChI is InChI=1S/C53H63N7O9/c54-26-30-69-31-28-56-50(66)44-24-27-55-46(61)22-23-48(63)60-29-7-25-53(36-60,34-39-8-2-1-3-9-39)52(68)59-45(51(67)57-35-43-12-5-4-11-42(43)33-47(62)58-44)32-38-16-20-41(21-17-38)40-18-14-37(15-19-40)10-6-13-49(64)65/h1-5,8-9,11-12,14-23,44-45H,6-7,10,13,24-36,54H2,(H,55,61)(H,56,66)(H,57,67)(H,58,62)(H,59,68)(H,64,65)/b23-22+/t44-,45-,53-/m0/s1. The maximum Gasteiger partial charge on any atom is 0.303 e. The Balaban J connectivity index is 1.28. The third-order valence-corrected chi connectivity index (χ3v) is 12.4. The summed E-state index contributed by atoms with van der Waals surface area (Å²) in [5.41, 5.74) is 10.3. The molecule has 0 aromatic heterocycles. The van der Waals surface area contributed by atoms with Crippen molar-refractivity contribution in [3.8, 4) is 11.1 Å². The fourth-order valence-corrected chi connectivity index (χ4v) is 8.71. The molecular weight excluding hydrogens is 879 g/mol. The van der Waals surface area contributed by atoms with E-state index in [0.717, 1.165) is 33.9 Å². The minimum Gasteiger partial charge on any atom is -0.481 e. The van der Waals surface area contributed by atoms with Crippen molar-refractivity contribution >= 4 is 41.4 Å². The topological polar surface area (TPSA) is 238 Å². The third kappa shape index (κ3) is 15.7. The molecule has 0 saturated carbocycles. The van der Waals surface area contributed by atoms with E-state index < -0.39 is 53.0 Å². The number of carbonyl (C=O) groups excluding carboxylic acids is 6. The first kappa shape index (κ1) is 51.2. The molecule has 2 heterocycles. The van der Waals surface area contributed by atoms with Crippen LogP contribution in [0.25, 0.3) is 11.1 Å². The first-order valence-corrected chi connectivity index (χ1v) is 23.6. The molecule has 6 amide bonds. The molecule has 16 heteroatoms. The minimum atomic E-state index is -1.13. The number of aliphatic carboxylic acids is 1. The summed E-state index contributed by atoms with van der Waals surface area (Å²) >= 11 is 0. The number of hydrogen-bond acceptors (Lipinski definition) is 9. The monoisotopic (exact) mass is 941 g/mol. The lowest BCUT2D eigenvalue weighted by Crippen LogP contribution is -2.58. The zero-order valence-electron chi connectivity index (χ0n) is 38.9. The summed E-state index contributed by atoms with van der Waals surface area (Å²) in [5, 5.41) is 23.4. The highest BCUT2D eigenvalue weighted by atomic mass is 16.5. The quantitative estimate of drug-likeness (QED) is 0.0860. The van der Waals surface area contributed by atoms with Crippen molar-refractivity contribution in [3.63, 3.8) is 0 Å². The molecule has 0 spiro atoms. The van der Waals surface area contributed by atoms with E-state index in [1.54, 1.807) is 29.2 Å². The van der Waals surface area contributed by atoms with Gasteiger partial charge in [-0.05, 0) is 77.5 Å². The molecule has 1 fully saturated rings. The SMILES string of the molecule is NCCOCCNC(=O)[C@@H]1CCNC(=O)/C=C/C(=O)N2CCC[C@](Cc3ccccc3)(C2)C(=O)N[C@@H](Cc2ccc(-c3ccc(CCCC(=O)O)cc3)cc2)C(=O)NCc2ccccc2CC(=O)N1. The normalized spacial score (nSPS) is 20.1. The van der Waals surface area contributed by atoms with E-state index in [2.05, 4.69) is 26.6 Å². The maximum atomic E-state index is 15.0. The Morgan fingerprint density at radius 1 is 0.797 bits per heavy atom. The third-order valence-electron chi connectivity index (χ3n) is 12.4. The number of fused-ring (bicyclic) bond motifs is 3. The van der Waals surface area contributed by atoms with Gasteiger partial charge >= 0.3 is 5.97 Å². The summed E-state index contributed by atoms with van der Waals surface area (Å²) in [6.45, 7) is 1.48. The molecule has 1 saturated heterocycles. The first-order chi connectivity index (χ1) is 33.4. The fraction of sp³-hybridized carbons (Fsp3) is 0.377. The molecule has 2 aliphatic heterocycles. The van der Waals surface area contributed by atoms with Gasteiger partial charge in [0.25, 0.3) is 0 Å². The van der Waals surface area contributed by atoms with Crippen molar-refractivity contribution < 1.29 is 43.4 Å². The first-order valence-electron chi connectivity index (χ1n) is 23.6. The number of nitrogens with one attached hydrogen (secondary N) is 5. The largest absolute Gasteiger partial charge is 0.481 e. The molecular formula is C53H63N7O9. The molecule has 69 heavy (non-hydrogen) atoms. The number of carboxylic acid groups (broad SMARTS) is 1. The number of carbonyl (C=O) groups is 7. The lowest BCUT2D eigenvalue weighted by atomic mass is 9.74. The van der Waals surface area contributed by atoms with Gasteiger partial charge in [0.15, 0.2) is 0 Å².